The van der Waals surface area contributed by atoms with Crippen LogP contribution in [0.15, 0.2) is 40.9 Å². The van der Waals surface area contributed by atoms with E-state index >= 15 is 0 Å². The summed E-state index contributed by atoms with van der Waals surface area (Å²) in [6.07, 6.45) is -5.32. The zero-order valence-corrected chi connectivity index (χ0v) is 15.0. The predicted molar refractivity (Wildman–Crippen MR) is 93.0 cm³/mol. The average molecular weight is 409 g/mol. The summed E-state index contributed by atoms with van der Waals surface area (Å²) in [6.45, 7) is 1.47. The van der Waals surface area contributed by atoms with Crippen LogP contribution in [-0.4, -0.2) is 27.6 Å². The number of carbonyl (C=O) groups excluding carboxylic acids is 1. The van der Waals surface area contributed by atoms with Gasteiger partial charge in [-0.25, -0.2) is 17.6 Å². The molecular weight excluding hydrogens is 394 g/mol. The Hall–Kier alpha value is -3.27. The van der Waals surface area contributed by atoms with Crippen LogP contribution in [-0.2, 0) is 6.54 Å². The first-order chi connectivity index (χ1) is 13.7. The molecule has 2 aromatic carbocycles. The lowest BCUT2D eigenvalue weighted by molar-refractivity contribution is -0.00578. The minimum Gasteiger partial charge on any atom is -0.382 e. The van der Waals surface area contributed by atoms with Gasteiger partial charge in [0.1, 0.15) is 17.7 Å². The first-order valence-electron chi connectivity index (χ1n) is 8.38. The van der Waals surface area contributed by atoms with Gasteiger partial charge >= 0.3 is 0 Å². The SMILES string of the molecule is Cc1noc(CNC(=O)c2cc(-c3ccc(F)cc3F)cc(C(O)C(F)F)c2)n1. The van der Waals surface area contributed by atoms with E-state index in [0.29, 0.717) is 11.9 Å². The van der Waals surface area contributed by atoms with E-state index in [0.717, 1.165) is 24.3 Å². The van der Waals surface area contributed by atoms with Crippen LogP contribution in [0, 0.1) is 18.6 Å². The van der Waals surface area contributed by atoms with Gasteiger partial charge in [-0.2, -0.15) is 4.98 Å². The molecule has 0 radical (unpaired) electrons. The van der Waals surface area contributed by atoms with Gasteiger partial charge < -0.3 is 14.9 Å². The molecule has 0 saturated heterocycles. The molecule has 1 heterocycles. The highest BCUT2D eigenvalue weighted by molar-refractivity contribution is 5.95. The molecule has 152 valence electrons. The van der Waals surface area contributed by atoms with Gasteiger partial charge in [-0.15, -0.1) is 0 Å². The summed E-state index contributed by atoms with van der Waals surface area (Å²) in [5, 5.41) is 15.8. The second-order valence-corrected chi connectivity index (χ2v) is 6.17. The topological polar surface area (TPSA) is 88.2 Å². The van der Waals surface area contributed by atoms with Crippen molar-refractivity contribution in [1.82, 2.24) is 15.5 Å². The molecule has 1 aromatic heterocycles. The molecule has 3 aromatic rings. The van der Waals surface area contributed by atoms with Crippen molar-refractivity contribution in [1.29, 1.82) is 0 Å². The fourth-order valence-corrected chi connectivity index (χ4v) is 2.65. The van der Waals surface area contributed by atoms with E-state index in [-0.39, 0.29) is 34.7 Å². The summed E-state index contributed by atoms with van der Waals surface area (Å²) in [7, 11) is 0. The van der Waals surface area contributed by atoms with E-state index in [4.69, 9.17) is 4.52 Å². The molecule has 6 nitrogen and oxygen atoms in total. The first kappa shape index (κ1) is 20.5. The van der Waals surface area contributed by atoms with Crippen LogP contribution in [0.5, 0.6) is 0 Å². The average Bonchev–Trinajstić information content (AvgIpc) is 3.10. The summed E-state index contributed by atoms with van der Waals surface area (Å²) >= 11 is 0. The zero-order valence-electron chi connectivity index (χ0n) is 15.0. The smallest absolute Gasteiger partial charge is 0.268 e. The van der Waals surface area contributed by atoms with Gasteiger partial charge in [0, 0.05) is 17.2 Å². The zero-order chi connectivity index (χ0) is 21.1. The van der Waals surface area contributed by atoms with E-state index < -0.39 is 30.1 Å². The van der Waals surface area contributed by atoms with E-state index in [1.165, 1.54) is 6.07 Å². The molecule has 0 aliphatic rings. The molecule has 0 bridgehead atoms. The maximum atomic E-state index is 14.2. The van der Waals surface area contributed by atoms with Gasteiger partial charge in [-0.05, 0) is 48.4 Å². The van der Waals surface area contributed by atoms with Crippen LogP contribution in [0.4, 0.5) is 17.6 Å². The number of amides is 1. The number of aliphatic hydroxyl groups excluding tert-OH is 1. The second-order valence-electron chi connectivity index (χ2n) is 6.17. The second kappa shape index (κ2) is 8.39. The monoisotopic (exact) mass is 409 g/mol. The Labute approximate surface area is 162 Å². The number of hydrogen-bond acceptors (Lipinski definition) is 5. The van der Waals surface area contributed by atoms with Crippen LogP contribution < -0.4 is 5.32 Å². The van der Waals surface area contributed by atoms with Crippen molar-refractivity contribution in [3.8, 4) is 11.1 Å². The Morgan fingerprint density at radius 3 is 2.59 bits per heavy atom. The number of rotatable bonds is 6. The van der Waals surface area contributed by atoms with Crippen LogP contribution in [0.2, 0.25) is 0 Å². The fourth-order valence-electron chi connectivity index (χ4n) is 2.65. The summed E-state index contributed by atoms with van der Waals surface area (Å²) in [4.78, 5) is 16.4. The van der Waals surface area contributed by atoms with Crippen molar-refractivity contribution in [2.45, 2.75) is 26.0 Å². The molecular formula is C19H15F4N3O3. The fraction of sp³-hybridized carbons (Fsp3) is 0.211. The summed E-state index contributed by atoms with van der Waals surface area (Å²) in [5.41, 5.74) is -0.494. The quantitative estimate of drug-likeness (QED) is 0.608. The third-order valence-electron chi connectivity index (χ3n) is 4.01. The van der Waals surface area contributed by atoms with Gasteiger partial charge in [0.25, 0.3) is 12.3 Å². The largest absolute Gasteiger partial charge is 0.382 e. The number of aryl methyl sites for hydroxylation is 1. The van der Waals surface area contributed by atoms with Gasteiger partial charge in [-0.3, -0.25) is 4.79 Å². The Bertz CT molecular complexity index is 1040. The van der Waals surface area contributed by atoms with Crippen molar-refractivity contribution in [2.75, 3.05) is 0 Å². The highest BCUT2D eigenvalue weighted by Gasteiger charge is 2.22. The normalized spacial score (nSPS) is 12.2. The van der Waals surface area contributed by atoms with Crippen molar-refractivity contribution >= 4 is 5.91 Å². The van der Waals surface area contributed by atoms with Crippen LogP contribution in [0.3, 0.4) is 0 Å². The minimum absolute atomic E-state index is 0.0264. The lowest BCUT2D eigenvalue weighted by Gasteiger charge is -2.14. The lowest BCUT2D eigenvalue weighted by atomic mass is 9.96. The predicted octanol–water partition coefficient (Wildman–Crippen LogP) is 3.55. The molecule has 0 aliphatic carbocycles. The first-order valence-corrected chi connectivity index (χ1v) is 8.38. The number of benzene rings is 2. The molecule has 2 N–H and O–H groups in total. The van der Waals surface area contributed by atoms with Crippen LogP contribution in [0.25, 0.3) is 11.1 Å². The molecule has 3 rings (SSSR count). The molecule has 0 saturated carbocycles. The standard InChI is InChI=1S/C19H15F4N3O3/c1-9-25-16(29-26-9)8-24-19(28)12-5-10(4-11(6-12)17(27)18(22)23)14-3-2-13(20)7-15(14)21/h2-7,17-18,27H,8H2,1H3,(H,24,28). The Morgan fingerprint density at radius 1 is 1.21 bits per heavy atom. The molecule has 1 amide bonds. The van der Waals surface area contributed by atoms with Crippen LogP contribution >= 0.6 is 0 Å². The number of carbonyl (C=O) groups is 1. The maximum absolute atomic E-state index is 14.2. The molecule has 1 atom stereocenters. The summed E-state index contributed by atoms with van der Waals surface area (Å²) in [6, 6.07) is 6.16. The summed E-state index contributed by atoms with van der Waals surface area (Å²) < 4.78 is 58.2. The van der Waals surface area contributed by atoms with Gasteiger partial charge in [0.2, 0.25) is 5.89 Å². The highest BCUT2D eigenvalue weighted by Crippen LogP contribution is 2.30. The summed E-state index contributed by atoms with van der Waals surface area (Å²) in [5.74, 6) is -1.97. The molecule has 1 unspecified atom stereocenters. The van der Waals surface area contributed by atoms with Crippen molar-refractivity contribution in [3.05, 3.63) is 70.9 Å². The van der Waals surface area contributed by atoms with Gasteiger partial charge in [-0.1, -0.05) is 5.16 Å². The number of nitrogens with zero attached hydrogens (tertiary/aromatic N) is 2. The molecule has 0 spiro atoms. The number of alkyl halides is 2. The number of aromatic nitrogens is 2. The van der Waals surface area contributed by atoms with Crippen molar-refractivity contribution in [2.24, 2.45) is 0 Å². The molecule has 0 fully saturated rings. The third-order valence-corrected chi connectivity index (χ3v) is 4.01. The van der Waals surface area contributed by atoms with E-state index in [2.05, 4.69) is 15.5 Å². The van der Waals surface area contributed by atoms with Gasteiger partial charge in [0.15, 0.2) is 5.82 Å². The van der Waals surface area contributed by atoms with E-state index in [1.54, 1.807) is 6.92 Å². The lowest BCUT2D eigenvalue weighted by Crippen LogP contribution is -2.23. The number of halogens is 4. The van der Waals surface area contributed by atoms with E-state index in [9.17, 15) is 27.5 Å². The number of nitrogens with one attached hydrogen (secondary N) is 1. The number of hydrogen-bond donors (Lipinski definition) is 2. The minimum atomic E-state index is -3.12. The third kappa shape index (κ3) is 4.77. The van der Waals surface area contributed by atoms with Crippen molar-refractivity contribution < 1.29 is 32.0 Å². The van der Waals surface area contributed by atoms with E-state index in [1.807, 2.05) is 0 Å². The Kier molecular flexibility index (Phi) is 5.92. The Morgan fingerprint density at radius 2 is 1.97 bits per heavy atom. The maximum Gasteiger partial charge on any atom is 0.268 e. The van der Waals surface area contributed by atoms with Crippen molar-refractivity contribution in [3.63, 3.8) is 0 Å². The molecule has 29 heavy (non-hydrogen) atoms. The molecule has 10 heteroatoms. The van der Waals surface area contributed by atoms with Gasteiger partial charge in [0.05, 0.1) is 6.54 Å². The van der Waals surface area contributed by atoms with Crippen LogP contribution in [0.1, 0.15) is 33.7 Å². The highest BCUT2D eigenvalue weighted by atomic mass is 19.3. The number of aliphatic hydroxyl groups is 1. The molecule has 0 aliphatic heterocycles. The Balaban J connectivity index is 1.96.